The average Bonchev–Trinajstić information content (AvgIpc) is 2.68. The van der Waals surface area contributed by atoms with Gasteiger partial charge in [0.25, 0.3) is 0 Å². The van der Waals surface area contributed by atoms with Gasteiger partial charge in [-0.05, 0) is 47.9 Å². The minimum atomic E-state index is -1.16. The van der Waals surface area contributed by atoms with Crippen LogP contribution in [0, 0.1) is 11.8 Å². The molecular formula is C24H38O4. The third-order valence-electron chi connectivity index (χ3n) is 5.90. The highest BCUT2D eigenvalue weighted by molar-refractivity contribution is 6.02. The number of benzene rings is 1. The lowest BCUT2D eigenvalue weighted by atomic mass is 9.83. The molecule has 4 heteroatoms. The molecule has 1 aromatic carbocycles. The molecule has 0 aliphatic carbocycles. The van der Waals surface area contributed by atoms with Gasteiger partial charge in [-0.1, -0.05) is 79.1 Å². The van der Waals surface area contributed by atoms with Crippen molar-refractivity contribution in [2.75, 3.05) is 0 Å². The maximum atomic E-state index is 11.7. The maximum Gasteiger partial charge on any atom is 0.336 e. The number of hydrogen-bond acceptors (Lipinski definition) is 2. The SMILES string of the molecule is CCCCC(CC)Cc1cc(C(=O)O)c(C(=O)O)cc1CC(CC)CCCC. The lowest BCUT2D eigenvalue weighted by Crippen LogP contribution is -2.15. The molecule has 1 aromatic rings. The summed E-state index contributed by atoms with van der Waals surface area (Å²) in [5, 5.41) is 19.1. The molecule has 0 aromatic heterocycles. The van der Waals surface area contributed by atoms with Gasteiger partial charge in [-0.3, -0.25) is 0 Å². The zero-order chi connectivity index (χ0) is 21.1. The Labute approximate surface area is 170 Å². The Kier molecular flexibility index (Phi) is 10.9. The van der Waals surface area contributed by atoms with E-state index in [9.17, 15) is 19.8 Å². The Hall–Kier alpha value is -1.84. The summed E-state index contributed by atoms with van der Waals surface area (Å²) in [6.07, 6.45) is 10.7. The number of unbranched alkanes of at least 4 members (excludes halogenated alkanes) is 2. The molecule has 28 heavy (non-hydrogen) atoms. The number of carboxylic acid groups (broad SMARTS) is 2. The van der Waals surface area contributed by atoms with E-state index in [0.29, 0.717) is 11.8 Å². The lowest BCUT2D eigenvalue weighted by Gasteiger charge is -2.22. The summed E-state index contributed by atoms with van der Waals surface area (Å²) in [5.41, 5.74) is 1.89. The van der Waals surface area contributed by atoms with Gasteiger partial charge in [0.15, 0.2) is 0 Å². The first kappa shape index (κ1) is 24.2. The molecule has 0 aliphatic rings. The number of carbonyl (C=O) groups is 2. The first-order valence-corrected chi connectivity index (χ1v) is 11.0. The quantitative estimate of drug-likeness (QED) is 0.375. The molecule has 0 radical (unpaired) electrons. The Balaban J connectivity index is 3.31. The molecule has 158 valence electrons. The van der Waals surface area contributed by atoms with Gasteiger partial charge in [-0.25, -0.2) is 9.59 Å². The monoisotopic (exact) mass is 390 g/mol. The normalized spacial score (nSPS) is 13.3. The summed E-state index contributed by atoms with van der Waals surface area (Å²) in [6.45, 7) is 8.73. The molecule has 2 atom stereocenters. The van der Waals surface area contributed by atoms with Crippen molar-refractivity contribution < 1.29 is 19.8 Å². The van der Waals surface area contributed by atoms with E-state index in [-0.39, 0.29) is 11.1 Å². The van der Waals surface area contributed by atoms with Crippen LogP contribution < -0.4 is 0 Å². The molecule has 2 N–H and O–H groups in total. The summed E-state index contributed by atoms with van der Waals surface area (Å²) >= 11 is 0. The van der Waals surface area contributed by atoms with Gasteiger partial charge in [0.1, 0.15) is 0 Å². The highest BCUT2D eigenvalue weighted by Gasteiger charge is 2.22. The van der Waals surface area contributed by atoms with E-state index in [2.05, 4.69) is 27.7 Å². The van der Waals surface area contributed by atoms with Gasteiger partial charge in [0, 0.05) is 0 Å². The first-order valence-electron chi connectivity index (χ1n) is 11.0. The summed E-state index contributed by atoms with van der Waals surface area (Å²) in [7, 11) is 0. The van der Waals surface area contributed by atoms with Crippen LogP contribution in [0.1, 0.15) is 111 Å². The predicted molar refractivity (Wildman–Crippen MR) is 114 cm³/mol. The molecule has 0 fully saturated rings. The molecule has 0 bridgehead atoms. The summed E-state index contributed by atoms with van der Waals surface area (Å²) in [4.78, 5) is 23.3. The molecule has 2 unspecified atom stereocenters. The van der Waals surface area contributed by atoms with E-state index < -0.39 is 11.9 Å². The second-order valence-electron chi connectivity index (χ2n) is 8.02. The lowest BCUT2D eigenvalue weighted by molar-refractivity contribution is 0.0651. The second kappa shape index (κ2) is 12.6. The van der Waals surface area contributed by atoms with Gasteiger partial charge >= 0.3 is 11.9 Å². The van der Waals surface area contributed by atoms with E-state index in [1.165, 1.54) is 12.8 Å². The molecule has 0 saturated heterocycles. The third kappa shape index (κ3) is 7.29. The van der Waals surface area contributed by atoms with Crippen molar-refractivity contribution in [3.05, 3.63) is 34.4 Å². The average molecular weight is 391 g/mol. The minimum absolute atomic E-state index is 0.0850. The molecule has 0 amide bonds. The molecule has 1 rings (SSSR count). The van der Waals surface area contributed by atoms with Gasteiger partial charge < -0.3 is 10.2 Å². The van der Waals surface area contributed by atoms with Crippen LogP contribution in [0.15, 0.2) is 12.1 Å². The molecular weight excluding hydrogens is 352 g/mol. The van der Waals surface area contributed by atoms with Gasteiger partial charge in [-0.15, -0.1) is 0 Å². The maximum absolute atomic E-state index is 11.7. The van der Waals surface area contributed by atoms with Gasteiger partial charge in [-0.2, -0.15) is 0 Å². The predicted octanol–water partition coefficient (Wildman–Crippen LogP) is 6.60. The van der Waals surface area contributed by atoms with Crippen LogP contribution in [0.4, 0.5) is 0 Å². The van der Waals surface area contributed by atoms with Crippen LogP contribution in [0.3, 0.4) is 0 Å². The van der Waals surface area contributed by atoms with Crippen molar-refractivity contribution in [1.82, 2.24) is 0 Å². The highest BCUT2D eigenvalue weighted by atomic mass is 16.4. The van der Waals surface area contributed by atoms with Crippen LogP contribution in [-0.4, -0.2) is 22.2 Å². The zero-order valence-electron chi connectivity index (χ0n) is 18.1. The van der Waals surface area contributed by atoms with Gasteiger partial charge in [0.05, 0.1) is 11.1 Å². The Morgan fingerprint density at radius 3 is 1.36 bits per heavy atom. The van der Waals surface area contributed by atoms with Crippen molar-refractivity contribution in [2.24, 2.45) is 11.8 Å². The van der Waals surface area contributed by atoms with E-state index in [4.69, 9.17) is 0 Å². The second-order valence-corrected chi connectivity index (χ2v) is 8.02. The highest BCUT2D eigenvalue weighted by Crippen LogP contribution is 2.28. The molecule has 4 nitrogen and oxygen atoms in total. The first-order chi connectivity index (χ1) is 13.4. The van der Waals surface area contributed by atoms with E-state index >= 15 is 0 Å². The number of hydrogen-bond donors (Lipinski definition) is 2. The van der Waals surface area contributed by atoms with Crippen molar-refractivity contribution in [3.8, 4) is 0 Å². The van der Waals surface area contributed by atoms with Crippen LogP contribution in [0.2, 0.25) is 0 Å². The van der Waals surface area contributed by atoms with Crippen LogP contribution in [-0.2, 0) is 12.8 Å². The molecule has 0 aliphatic heterocycles. The smallest absolute Gasteiger partial charge is 0.336 e. The van der Waals surface area contributed by atoms with Crippen LogP contribution in [0.25, 0.3) is 0 Å². The fourth-order valence-corrected chi connectivity index (χ4v) is 3.93. The van der Waals surface area contributed by atoms with Crippen molar-refractivity contribution in [2.45, 2.75) is 91.9 Å². The molecule has 0 saturated carbocycles. The Morgan fingerprint density at radius 2 is 1.11 bits per heavy atom. The Bertz CT molecular complexity index is 581. The number of carboxylic acids is 2. The summed E-state index contributed by atoms with van der Waals surface area (Å²) in [6, 6.07) is 3.28. The fourth-order valence-electron chi connectivity index (χ4n) is 3.93. The van der Waals surface area contributed by atoms with Crippen LogP contribution in [0.5, 0.6) is 0 Å². The van der Waals surface area contributed by atoms with E-state index in [0.717, 1.165) is 62.5 Å². The number of aromatic carboxylic acids is 2. The molecule has 0 spiro atoms. The third-order valence-corrected chi connectivity index (χ3v) is 5.90. The minimum Gasteiger partial charge on any atom is -0.478 e. The topological polar surface area (TPSA) is 74.6 Å². The van der Waals surface area contributed by atoms with Crippen molar-refractivity contribution in [3.63, 3.8) is 0 Å². The van der Waals surface area contributed by atoms with Gasteiger partial charge in [0.2, 0.25) is 0 Å². The summed E-state index contributed by atoms with van der Waals surface area (Å²) in [5.74, 6) is -1.31. The zero-order valence-corrected chi connectivity index (χ0v) is 18.1. The Morgan fingerprint density at radius 1 is 0.750 bits per heavy atom. The standard InChI is InChI=1S/C24H38O4/c1-5-9-11-17(7-3)13-19-15-21(23(25)26)22(24(27)28)16-20(19)14-18(8-4)12-10-6-2/h15-18H,5-14H2,1-4H3,(H,25,26)(H,27,28). The molecule has 0 heterocycles. The van der Waals surface area contributed by atoms with E-state index in [1.54, 1.807) is 12.1 Å². The van der Waals surface area contributed by atoms with Crippen LogP contribution >= 0.6 is 0 Å². The largest absolute Gasteiger partial charge is 0.478 e. The van der Waals surface area contributed by atoms with Crippen molar-refractivity contribution >= 4 is 11.9 Å². The van der Waals surface area contributed by atoms with Crippen molar-refractivity contribution in [1.29, 1.82) is 0 Å². The number of rotatable bonds is 14. The van der Waals surface area contributed by atoms with E-state index in [1.807, 2.05) is 0 Å². The summed E-state index contributed by atoms with van der Waals surface area (Å²) < 4.78 is 0. The fraction of sp³-hybridized carbons (Fsp3) is 0.667.